The van der Waals surface area contributed by atoms with Crippen LogP contribution in [0.1, 0.15) is 26.3 Å². The molecule has 7 heteroatoms. The highest BCUT2D eigenvalue weighted by atomic mass is 32.2. The summed E-state index contributed by atoms with van der Waals surface area (Å²) in [5.74, 6) is -1.80. The minimum atomic E-state index is -3.47. The van der Waals surface area contributed by atoms with Gasteiger partial charge in [0.25, 0.3) is 0 Å². The van der Waals surface area contributed by atoms with Crippen molar-refractivity contribution < 1.29 is 17.2 Å². The number of sulfonamides is 1. The van der Waals surface area contributed by atoms with E-state index in [-0.39, 0.29) is 0 Å². The van der Waals surface area contributed by atoms with Gasteiger partial charge in [-0.3, -0.25) is 4.72 Å². The van der Waals surface area contributed by atoms with Crippen LogP contribution in [-0.4, -0.2) is 13.2 Å². The molecule has 0 aromatic heterocycles. The normalized spacial score (nSPS) is 12.0. The van der Waals surface area contributed by atoms with E-state index >= 15 is 0 Å². The highest BCUT2D eigenvalue weighted by Crippen LogP contribution is 2.20. The van der Waals surface area contributed by atoms with Crippen LogP contribution in [0.3, 0.4) is 0 Å². The van der Waals surface area contributed by atoms with Gasteiger partial charge in [-0.1, -0.05) is 12.1 Å². The fraction of sp³-hybridized carbons (Fsp3) is 0.294. The zero-order valence-corrected chi connectivity index (χ0v) is 14.5. The van der Waals surface area contributed by atoms with Gasteiger partial charge < -0.3 is 5.32 Å². The molecule has 0 unspecified atom stereocenters. The van der Waals surface area contributed by atoms with Gasteiger partial charge in [0.2, 0.25) is 10.0 Å². The molecule has 0 saturated heterocycles. The number of anilines is 2. The molecule has 2 N–H and O–H groups in total. The second-order valence-electron chi connectivity index (χ2n) is 6.40. The molecule has 0 spiro atoms. The molecule has 0 heterocycles. The minimum absolute atomic E-state index is 0.400. The van der Waals surface area contributed by atoms with Gasteiger partial charge in [-0.2, -0.15) is 0 Å². The van der Waals surface area contributed by atoms with Crippen LogP contribution in [0.2, 0.25) is 0 Å². The van der Waals surface area contributed by atoms with Gasteiger partial charge in [0.1, 0.15) is 0 Å². The highest BCUT2D eigenvalue weighted by molar-refractivity contribution is 7.94. The summed E-state index contributed by atoms with van der Waals surface area (Å²) in [4.78, 5) is 0. The molecule has 130 valence electrons. The molecule has 0 atom stereocenters. The lowest BCUT2D eigenvalue weighted by Crippen LogP contribution is -2.33. The molecule has 2 aromatic carbocycles. The van der Waals surface area contributed by atoms with Gasteiger partial charge in [0, 0.05) is 24.0 Å². The summed E-state index contributed by atoms with van der Waals surface area (Å²) in [6, 6.07) is 10.4. The minimum Gasteiger partial charge on any atom is -0.381 e. The number of halogens is 2. The van der Waals surface area contributed by atoms with Crippen molar-refractivity contribution in [3.8, 4) is 0 Å². The van der Waals surface area contributed by atoms with E-state index < -0.39 is 26.4 Å². The van der Waals surface area contributed by atoms with Gasteiger partial charge in [-0.25, -0.2) is 17.2 Å². The van der Waals surface area contributed by atoms with Crippen LogP contribution in [0.4, 0.5) is 20.2 Å². The Morgan fingerprint density at radius 1 is 0.917 bits per heavy atom. The Morgan fingerprint density at radius 2 is 1.50 bits per heavy atom. The number of benzene rings is 2. The average molecular weight is 354 g/mol. The molecular formula is C17H20F2N2O2S. The van der Waals surface area contributed by atoms with Crippen molar-refractivity contribution in [1.29, 1.82) is 0 Å². The first-order valence-electron chi connectivity index (χ1n) is 7.39. The molecule has 0 aliphatic carbocycles. The fourth-order valence-electron chi connectivity index (χ4n) is 1.81. The first-order chi connectivity index (χ1) is 11.1. The van der Waals surface area contributed by atoms with Crippen molar-refractivity contribution >= 4 is 21.4 Å². The Kier molecular flexibility index (Phi) is 5.13. The first kappa shape index (κ1) is 18.2. The van der Waals surface area contributed by atoms with Crippen molar-refractivity contribution in [2.24, 2.45) is 0 Å². The first-order valence-corrected chi connectivity index (χ1v) is 8.87. The monoisotopic (exact) mass is 354 g/mol. The zero-order chi connectivity index (χ0) is 18.0. The molecule has 2 rings (SSSR count). The van der Waals surface area contributed by atoms with E-state index in [1.807, 2.05) is 0 Å². The Hall–Kier alpha value is -2.15. The summed E-state index contributed by atoms with van der Waals surface area (Å²) in [5.41, 5.74) is 1.81. The molecule has 0 fully saturated rings. The van der Waals surface area contributed by atoms with E-state index in [0.29, 0.717) is 17.9 Å². The van der Waals surface area contributed by atoms with E-state index in [9.17, 15) is 17.2 Å². The summed E-state index contributed by atoms with van der Waals surface area (Å²) in [7, 11) is -3.47. The zero-order valence-electron chi connectivity index (χ0n) is 13.7. The third-order valence-electron chi connectivity index (χ3n) is 3.43. The Balaban J connectivity index is 2.01. The topological polar surface area (TPSA) is 58.2 Å². The summed E-state index contributed by atoms with van der Waals surface area (Å²) in [6.45, 7) is 5.26. The molecule has 0 bridgehead atoms. The molecule has 24 heavy (non-hydrogen) atoms. The van der Waals surface area contributed by atoms with E-state index in [1.165, 1.54) is 6.07 Å². The molecule has 0 amide bonds. The molecule has 4 nitrogen and oxygen atoms in total. The average Bonchev–Trinajstić information content (AvgIpc) is 2.48. The lowest BCUT2D eigenvalue weighted by atomic mass is 10.2. The second kappa shape index (κ2) is 6.76. The van der Waals surface area contributed by atoms with Crippen LogP contribution in [0.25, 0.3) is 0 Å². The van der Waals surface area contributed by atoms with Gasteiger partial charge >= 0.3 is 0 Å². The van der Waals surface area contributed by atoms with E-state index in [0.717, 1.165) is 17.7 Å². The SMILES string of the molecule is CC(C)(C)S(=O)(=O)Nc1ccc(CNc2ccc(F)c(F)c2)cc1. The molecule has 0 radical (unpaired) electrons. The Labute approximate surface area is 141 Å². The van der Waals surface area contributed by atoms with E-state index in [2.05, 4.69) is 10.0 Å². The van der Waals surface area contributed by atoms with Crippen LogP contribution < -0.4 is 10.0 Å². The van der Waals surface area contributed by atoms with Gasteiger partial charge in [-0.15, -0.1) is 0 Å². The molecule has 0 saturated carbocycles. The number of hydrogen-bond acceptors (Lipinski definition) is 3. The Morgan fingerprint density at radius 3 is 2.04 bits per heavy atom. The second-order valence-corrected chi connectivity index (χ2v) is 8.83. The van der Waals surface area contributed by atoms with Crippen molar-refractivity contribution in [2.45, 2.75) is 32.1 Å². The summed E-state index contributed by atoms with van der Waals surface area (Å²) in [5, 5.41) is 2.98. The fourth-order valence-corrected chi connectivity index (χ4v) is 2.56. The summed E-state index contributed by atoms with van der Waals surface area (Å²) in [6.07, 6.45) is 0. The molecular weight excluding hydrogens is 334 g/mol. The van der Waals surface area contributed by atoms with Crippen molar-refractivity contribution in [1.82, 2.24) is 0 Å². The standard InChI is InChI=1S/C17H20F2N2O2S/c1-17(2,3)24(22,23)21-13-6-4-12(5-7-13)11-20-14-8-9-15(18)16(19)10-14/h4-10,20-21H,11H2,1-3H3. The maximum atomic E-state index is 13.1. The summed E-state index contributed by atoms with van der Waals surface area (Å²) >= 11 is 0. The van der Waals surface area contributed by atoms with Crippen LogP contribution in [0.5, 0.6) is 0 Å². The van der Waals surface area contributed by atoms with E-state index in [1.54, 1.807) is 45.0 Å². The predicted molar refractivity (Wildman–Crippen MR) is 92.4 cm³/mol. The Bertz CT molecular complexity index is 813. The van der Waals surface area contributed by atoms with E-state index in [4.69, 9.17) is 0 Å². The largest absolute Gasteiger partial charge is 0.381 e. The van der Waals surface area contributed by atoms with Crippen molar-refractivity contribution in [2.75, 3.05) is 10.0 Å². The third kappa shape index (κ3) is 4.44. The maximum Gasteiger partial charge on any atom is 0.237 e. The predicted octanol–water partition coefficient (Wildman–Crippen LogP) is 4.12. The smallest absolute Gasteiger partial charge is 0.237 e. The maximum absolute atomic E-state index is 13.1. The van der Waals surface area contributed by atoms with Gasteiger partial charge in [0.05, 0.1) is 4.75 Å². The molecule has 2 aromatic rings. The van der Waals surface area contributed by atoms with Crippen LogP contribution in [-0.2, 0) is 16.6 Å². The lowest BCUT2D eigenvalue weighted by Gasteiger charge is -2.20. The molecule has 0 aliphatic heterocycles. The van der Waals surface area contributed by atoms with Crippen molar-refractivity contribution in [3.63, 3.8) is 0 Å². The third-order valence-corrected chi connectivity index (χ3v) is 5.55. The van der Waals surface area contributed by atoms with Gasteiger partial charge in [-0.05, 0) is 50.6 Å². The van der Waals surface area contributed by atoms with Crippen LogP contribution in [0, 0.1) is 11.6 Å². The highest BCUT2D eigenvalue weighted by Gasteiger charge is 2.28. The number of hydrogen-bond donors (Lipinski definition) is 2. The quantitative estimate of drug-likeness (QED) is 0.849. The van der Waals surface area contributed by atoms with Crippen LogP contribution >= 0.6 is 0 Å². The lowest BCUT2D eigenvalue weighted by molar-refractivity contribution is 0.509. The summed E-state index contributed by atoms with van der Waals surface area (Å²) < 4.78 is 51.8. The number of nitrogens with one attached hydrogen (secondary N) is 2. The van der Waals surface area contributed by atoms with Crippen molar-refractivity contribution in [3.05, 3.63) is 59.7 Å². The number of rotatable bonds is 5. The molecule has 0 aliphatic rings. The van der Waals surface area contributed by atoms with Crippen LogP contribution in [0.15, 0.2) is 42.5 Å². The van der Waals surface area contributed by atoms with Gasteiger partial charge in [0.15, 0.2) is 11.6 Å².